The molecule has 5 rings (SSSR count). The van der Waals surface area contributed by atoms with Crippen molar-refractivity contribution in [2.75, 3.05) is 23.7 Å². The van der Waals surface area contributed by atoms with E-state index < -0.39 is 50.1 Å². The quantitative estimate of drug-likeness (QED) is 0.173. The topological polar surface area (TPSA) is 102 Å². The Morgan fingerprint density at radius 1 is 1.07 bits per heavy atom. The standard InChI is InChI=1S/C28H28Cl2F3N7O/c1-11(2)23-25(12(3)6-7-35-23)40-27-15(26(38-28(40)41)39-9-13(4)36-14(5)10-39)8-16(31)24(37-27)17-18(29)20(32)21(33)22(34)19(17)30/h6-8,11,13-14,36H,9-10,34H2,1-5H3/t13-,14+. The Morgan fingerprint density at radius 2 is 1.73 bits per heavy atom. The summed E-state index contributed by atoms with van der Waals surface area (Å²) >= 11 is 12.4. The summed E-state index contributed by atoms with van der Waals surface area (Å²) in [5, 5.41) is 2.35. The van der Waals surface area contributed by atoms with E-state index in [1.54, 1.807) is 12.3 Å². The molecule has 1 fully saturated rings. The molecule has 0 radical (unpaired) electrons. The normalized spacial score (nSPS) is 17.6. The SMILES string of the molecule is Cc1ccnc(C(C)C)c1-n1c(=O)nc(N2C[C@@H](C)N[C@@H](C)C2)c2cc(F)c(-c3c(Cl)c(N)c(F)c(F)c3Cl)nc21. The molecule has 8 nitrogen and oxygen atoms in total. The van der Waals surface area contributed by atoms with Crippen LogP contribution < -0.4 is 21.6 Å². The van der Waals surface area contributed by atoms with Crippen LogP contribution in [0.3, 0.4) is 0 Å². The summed E-state index contributed by atoms with van der Waals surface area (Å²) in [5.74, 6) is -3.75. The Labute approximate surface area is 244 Å². The number of benzene rings is 1. The summed E-state index contributed by atoms with van der Waals surface area (Å²) in [6.07, 6.45) is 1.63. The van der Waals surface area contributed by atoms with Crippen LogP contribution in [0, 0.1) is 24.4 Å². The Kier molecular flexibility index (Phi) is 7.65. The molecule has 4 heterocycles. The van der Waals surface area contributed by atoms with Gasteiger partial charge in [-0.15, -0.1) is 0 Å². The van der Waals surface area contributed by atoms with E-state index in [2.05, 4.69) is 20.3 Å². The first-order valence-electron chi connectivity index (χ1n) is 13.0. The maximum Gasteiger partial charge on any atom is 0.355 e. The maximum atomic E-state index is 16.0. The van der Waals surface area contributed by atoms with Gasteiger partial charge in [0.2, 0.25) is 0 Å². The zero-order chi connectivity index (χ0) is 29.9. The van der Waals surface area contributed by atoms with Gasteiger partial charge < -0.3 is 16.0 Å². The predicted molar refractivity (Wildman–Crippen MR) is 156 cm³/mol. The van der Waals surface area contributed by atoms with Crippen molar-refractivity contribution in [3.8, 4) is 16.9 Å². The minimum Gasteiger partial charge on any atom is -0.395 e. The number of nitrogens with zero attached hydrogens (tertiary/aromatic N) is 5. The highest BCUT2D eigenvalue weighted by Gasteiger charge is 2.30. The number of nitrogens with one attached hydrogen (secondary N) is 1. The number of rotatable bonds is 4. The second kappa shape index (κ2) is 10.8. The van der Waals surface area contributed by atoms with Crippen molar-refractivity contribution in [2.24, 2.45) is 0 Å². The number of hydrogen-bond donors (Lipinski definition) is 2. The molecule has 0 aliphatic carbocycles. The summed E-state index contributed by atoms with van der Waals surface area (Å²) in [5.41, 5.74) is 5.07. The molecule has 3 aromatic heterocycles. The van der Waals surface area contributed by atoms with Gasteiger partial charge in [-0.1, -0.05) is 37.0 Å². The van der Waals surface area contributed by atoms with E-state index in [0.29, 0.717) is 30.0 Å². The third kappa shape index (κ3) is 4.89. The molecule has 41 heavy (non-hydrogen) atoms. The fraction of sp³-hybridized carbons (Fsp3) is 0.357. The first kappa shape index (κ1) is 29.1. The zero-order valence-electron chi connectivity index (χ0n) is 23.0. The number of nitrogens with two attached hydrogens (primary N) is 1. The lowest BCUT2D eigenvalue weighted by Gasteiger charge is -2.37. The molecule has 1 saturated heterocycles. The van der Waals surface area contributed by atoms with Gasteiger partial charge in [-0.2, -0.15) is 4.98 Å². The highest BCUT2D eigenvalue weighted by molar-refractivity contribution is 6.41. The number of anilines is 2. The molecule has 13 heteroatoms. The van der Waals surface area contributed by atoms with Crippen molar-refractivity contribution >= 4 is 45.7 Å². The van der Waals surface area contributed by atoms with Gasteiger partial charge in [-0.05, 0) is 44.4 Å². The van der Waals surface area contributed by atoms with E-state index in [4.69, 9.17) is 28.9 Å². The predicted octanol–water partition coefficient (Wildman–Crippen LogP) is 5.77. The van der Waals surface area contributed by atoms with Crippen molar-refractivity contribution in [2.45, 2.75) is 52.6 Å². The van der Waals surface area contributed by atoms with Crippen LogP contribution >= 0.6 is 23.2 Å². The molecule has 0 bridgehead atoms. The fourth-order valence-electron chi connectivity index (χ4n) is 5.37. The lowest BCUT2D eigenvalue weighted by atomic mass is 10.0. The molecule has 0 unspecified atom stereocenters. The monoisotopic (exact) mass is 605 g/mol. The molecule has 1 aliphatic heterocycles. The minimum absolute atomic E-state index is 0.0173. The van der Waals surface area contributed by atoms with Crippen molar-refractivity contribution in [1.29, 1.82) is 0 Å². The van der Waals surface area contributed by atoms with E-state index in [-0.39, 0.29) is 34.9 Å². The minimum atomic E-state index is -1.49. The van der Waals surface area contributed by atoms with Crippen LogP contribution in [-0.4, -0.2) is 44.7 Å². The first-order valence-corrected chi connectivity index (χ1v) is 13.8. The van der Waals surface area contributed by atoms with Crippen molar-refractivity contribution in [1.82, 2.24) is 24.8 Å². The van der Waals surface area contributed by atoms with Crippen LogP contribution in [0.15, 0.2) is 23.1 Å². The first-order chi connectivity index (χ1) is 19.3. The number of fused-ring (bicyclic) bond motifs is 1. The summed E-state index contributed by atoms with van der Waals surface area (Å²) in [4.78, 5) is 29.2. The Morgan fingerprint density at radius 3 is 2.37 bits per heavy atom. The summed E-state index contributed by atoms with van der Waals surface area (Å²) in [6.45, 7) is 10.6. The number of piperazine rings is 1. The molecule has 216 valence electrons. The lowest BCUT2D eigenvalue weighted by molar-refractivity contribution is 0.405. The van der Waals surface area contributed by atoms with Gasteiger partial charge >= 0.3 is 5.69 Å². The van der Waals surface area contributed by atoms with Gasteiger partial charge in [0.05, 0.1) is 32.5 Å². The molecule has 0 saturated carbocycles. The van der Waals surface area contributed by atoms with Gasteiger partial charge in [0.1, 0.15) is 17.3 Å². The van der Waals surface area contributed by atoms with Crippen molar-refractivity contribution in [3.05, 3.63) is 67.6 Å². The highest BCUT2D eigenvalue weighted by Crippen LogP contribution is 2.43. The van der Waals surface area contributed by atoms with E-state index in [1.165, 1.54) is 4.57 Å². The molecule has 0 spiro atoms. The number of nitrogen functional groups attached to an aromatic ring is 1. The summed E-state index contributed by atoms with van der Waals surface area (Å²) in [7, 11) is 0. The van der Waals surface area contributed by atoms with Crippen LogP contribution in [0.25, 0.3) is 28.0 Å². The molecular formula is C28H28Cl2F3N7O. The van der Waals surface area contributed by atoms with Gasteiger partial charge in [-0.25, -0.2) is 27.5 Å². The Hall–Kier alpha value is -3.41. The van der Waals surface area contributed by atoms with Crippen molar-refractivity contribution in [3.63, 3.8) is 0 Å². The van der Waals surface area contributed by atoms with Gasteiger partial charge in [0.25, 0.3) is 0 Å². The molecular weight excluding hydrogens is 578 g/mol. The van der Waals surface area contributed by atoms with E-state index in [1.807, 2.05) is 39.5 Å². The maximum absolute atomic E-state index is 16.0. The van der Waals surface area contributed by atoms with Gasteiger partial charge in [-0.3, -0.25) is 4.98 Å². The van der Waals surface area contributed by atoms with Crippen LogP contribution in [0.5, 0.6) is 0 Å². The fourth-order valence-corrected chi connectivity index (χ4v) is 5.95. The average Bonchev–Trinajstić information content (AvgIpc) is 2.91. The molecule has 2 atom stereocenters. The second-order valence-electron chi connectivity index (χ2n) is 10.7. The Bertz CT molecular complexity index is 1720. The van der Waals surface area contributed by atoms with E-state index >= 15 is 4.39 Å². The Balaban J connectivity index is 1.93. The lowest BCUT2D eigenvalue weighted by Crippen LogP contribution is -2.55. The van der Waals surface area contributed by atoms with Crippen LogP contribution in [0.4, 0.5) is 24.7 Å². The summed E-state index contributed by atoms with van der Waals surface area (Å²) < 4.78 is 46.2. The molecule has 1 aromatic carbocycles. The van der Waals surface area contributed by atoms with E-state index in [9.17, 15) is 13.6 Å². The third-order valence-corrected chi connectivity index (χ3v) is 7.86. The number of hydrogen-bond acceptors (Lipinski definition) is 7. The zero-order valence-corrected chi connectivity index (χ0v) is 24.5. The number of aryl methyl sites for hydroxylation is 1. The van der Waals surface area contributed by atoms with Crippen molar-refractivity contribution < 1.29 is 13.2 Å². The molecule has 4 aromatic rings. The smallest absolute Gasteiger partial charge is 0.355 e. The average molecular weight is 606 g/mol. The largest absolute Gasteiger partial charge is 0.395 e. The number of aromatic nitrogens is 4. The van der Waals surface area contributed by atoms with Gasteiger partial charge in [0.15, 0.2) is 17.3 Å². The second-order valence-corrected chi connectivity index (χ2v) is 11.4. The van der Waals surface area contributed by atoms with E-state index in [0.717, 1.165) is 6.07 Å². The molecule has 3 N–H and O–H groups in total. The van der Waals surface area contributed by atoms with Crippen LogP contribution in [0.2, 0.25) is 10.0 Å². The van der Waals surface area contributed by atoms with Gasteiger partial charge in [0, 0.05) is 36.9 Å². The van der Waals surface area contributed by atoms with Crippen LogP contribution in [0.1, 0.15) is 44.9 Å². The third-order valence-electron chi connectivity index (χ3n) is 7.12. The number of pyridine rings is 2. The number of halogens is 5. The van der Waals surface area contributed by atoms with Crippen LogP contribution in [-0.2, 0) is 0 Å². The summed E-state index contributed by atoms with van der Waals surface area (Å²) in [6, 6.07) is 3.01. The molecule has 0 amide bonds. The highest BCUT2D eigenvalue weighted by atomic mass is 35.5. The molecule has 1 aliphatic rings.